The lowest BCUT2D eigenvalue weighted by molar-refractivity contribution is -0.119. The number of fused-ring (bicyclic) bond motifs is 2. The van der Waals surface area contributed by atoms with Crippen molar-refractivity contribution >= 4 is 73.3 Å². The minimum Gasteiger partial charge on any atom is -0.452 e. The SMILES string of the molecule is NS(=O)(=O)c1ccc(NC(=O)COC(=O)c2c3c(nc4ccccc24)/C(=C/c2ccc(Cl)c(Cl)c2)CCC3)cc1. The van der Waals surface area contributed by atoms with Crippen LogP contribution < -0.4 is 10.5 Å². The van der Waals surface area contributed by atoms with E-state index in [1.807, 2.05) is 36.4 Å². The molecule has 0 bridgehead atoms. The van der Waals surface area contributed by atoms with E-state index in [0.29, 0.717) is 44.3 Å². The first-order valence-corrected chi connectivity index (χ1v) is 14.6. The van der Waals surface area contributed by atoms with Crippen molar-refractivity contribution in [3.8, 4) is 0 Å². The number of hydrogen-bond acceptors (Lipinski definition) is 6. The zero-order valence-electron chi connectivity index (χ0n) is 21.0. The molecule has 0 radical (unpaired) electrons. The number of aromatic nitrogens is 1. The first kappa shape index (κ1) is 27.8. The second-order valence-corrected chi connectivity index (χ2v) is 11.6. The minimum atomic E-state index is -3.85. The van der Waals surface area contributed by atoms with Gasteiger partial charge >= 0.3 is 5.97 Å². The molecule has 0 saturated heterocycles. The van der Waals surface area contributed by atoms with Crippen molar-refractivity contribution in [1.29, 1.82) is 0 Å². The molecule has 4 aromatic rings. The number of hydrogen-bond donors (Lipinski definition) is 2. The maximum absolute atomic E-state index is 13.4. The lowest BCUT2D eigenvalue weighted by Crippen LogP contribution is -2.22. The topological polar surface area (TPSA) is 128 Å². The van der Waals surface area contributed by atoms with Gasteiger partial charge in [0, 0.05) is 11.1 Å². The molecule has 1 aliphatic carbocycles. The number of rotatable bonds is 6. The molecule has 0 saturated carbocycles. The number of halogens is 2. The summed E-state index contributed by atoms with van der Waals surface area (Å²) >= 11 is 12.3. The van der Waals surface area contributed by atoms with Crippen molar-refractivity contribution < 1.29 is 22.7 Å². The third kappa shape index (κ3) is 6.03. The van der Waals surface area contributed by atoms with E-state index in [4.69, 9.17) is 38.1 Å². The molecule has 40 heavy (non-hydrogen) atoms. The Morgan fingerprint density at radius 2 is 1.75 bits per heavy atom. The number of sulfonamides is 1. The van der Waals surface area contributed by atoms with E-state index in [9.17, 15) is 18.0 Å². The number of nitrogens with one attached hydrogen (secondary N) is 1. The zero-order chi connectivity index (χ0) is 28.4. The average Bonchev–Trinajstić information content (AvgIpc) is 2.92. The Morgan fingerprint density at radius 1 is 1.00 bits per heavy atom. The molecule has 1 heterocycles. The van der Waals surface area contributed by atoms with E-state index in [1.165, 1.54) is 24.3 Å². The number of carbonyl (C=O) groups excluding carboxylic acids is 2. The van der Waals surface area contributed by atoms with Crippen LogP contribution in [0.5, 0.6) is 0 Å². The van der Waals surface area contributed by atoms with Crippen molar-refractivity contribution in [1.82, 2.24) is 4.98 Å². The van der Waals surface area contributed by atoms with E-state index in [1.54, 1.807) is 12.1 Å². The van der Waals surface area contributed by atoms with Crippen LogP contribution in [-0.2, 0) is 26.0 Å². The molecule has 0 aliphatic heterocycles. The third-order valence-corrected chi connectivity index (χ3v) is 8.13. The summed E-state index contributed by atoms with van der Waals surface area (Å²) < 4.78 is 28.3. The molecule has 3 aromatic carbocycles. The van der Waals surface area contributed by atoms with E-state index in [2.05, 4.69) is 5.32 Å². The largest absolute Gasteiger partial charge is 0.452 e. The van der Waals surface area contributed by atoms with Crippen LogP contribution in [0, 0.1) is 0 Å². The number of para-hydroxylation sites is 1. The summed E-state index contributed by atoms with van der Waals surface area (Å²) in [5.74, 6) is -1.21. The highest BCUT2D eigenvalue weighted by molar-refractivity contribution is 7.89. The first-order valence-electron chi connectivity index (χ1n) is 12.3. The van der Waals surface area contributed by atoms with Crippen molar-refractivity contribution in [3.63, 3.8) is 0 Å². The average molecular weight is 596 g/mol. The lowest BCUT2D eigenvalue weighted by Gasteiger charge is -2.22. The van der Waals surface area contributed by atoms with Gasteiger partial charge in [0.25, 0.3) is 5.91 Å². The quantitative estimate of drug-likeness (QED) is 0.268. The van der Waals surface area contributed by atoms with E-state index in [-0.39, 0.29) is 4.90 Å². The van der Waals surface area contributed by atoms with Gasteiger partial charge in [0.05, 0.1) is 31.7 Å². The van der Waals surface area contributed by atoms with Gasteiger partial charge in [-0.05, 0) is 84.5 Å². The second-order valence-electron chi connectivity index (χ2n) is 9.22. The van der Waals surface area contributed by atoms with E-state index < -0.39 is 28.5 Å². The lowest BCUT2D eigenvalue weighted by atomic mass is 9.86. The molecule has 11 heteroatoms. The molecule has 0 unspecified atom stereocenters. The predicted octanol–water partition coefficient (Wildman–Crippen LogP) is 5.86. The van der Waals surface area contributed by atoms with Gasteiger partial charge in [-0.3, -0.25) is 4.79 Å². The molecule has 5 rings (SSSR count). The Morgan fingerprint density at radius 3 is 2.48 bits per heavy atom. The number of nitrogens with zero attached hydrogens (tertiary/aromatic N) is 1. The van der Waals surface area contributed by atoms with E-state index >= 15 is 0 Å². The van der Waals surface area contributed by atoms with Gasteiger partial charge in [0.2, 0.25) is 10.0 Å². The molecule has 0 fully saturated rings. The van der Waals surface area contributed by atoms with Crippen molar-refractivity contribution in [2.24, 2.45) is 5.14 Å². The number of nitrogens with two attached hydrogens (primary N) is 1. The van der Waals surface area contributed by atoms with Crippen LogP contribution in [-0.4, -0.2) is 31.9 Å². The zero-order valence-corrected chi connectivity index (χ0v) is 23.3. The summed E-state index contributed by atoms with van der Waals surface area (Å²) in [4.78, 5) is 30.7. The standard InChI is InChI=1S/C29H23Cl2N3O5S/c30-23-13-8-17(15-24(23)31)14-18-4-3-6-22-27(21-5-1-2-7-25(21)34-28(18)22)29(36)39-16-26(35)33-19-9-11-20(12-10-19)40(32,37)38/h1-2,5,7-15H,3-4,6,16H2,(H,33,35)(H2,32,37,38)/b18-14+. The number of esters is 1. The van der Waals surface area contributed by atoms with Crippen molar-refractivity contribution in [3.05, 3.63) is 99.2 Å². The summed E-state index contributed by atoms with van der Waals surface area (Å²) in [6.45, 7) is -0.535. The number of amides is 1. The summed E-state index contributed by atoms with van der Waals surface area (Å²) in [6.07, 6.45) is 4.18. The van der Waals surface area contributed by atoms with Crippen molar-refractivity contribution in [2.45, 2.75) is 24.2 Å². The summed E-state index contributed by atoms with van der Waals surface area (Å²) in [6, 6.07) is 18.0. The molecular formula is C29H23Cl2N3O5S. The Hall–Kier alpha value is -3.76. The number of ether oxygens (including phenoxy) is 1. The molecule has 3 N–H and O–H groups in total. The number of carbonyl (C=O) groups is 2. The summed E-state index contributed by atoms with van der Waals surface area (Å²) in [7, 11) is -3.85. The van der Waals surface area contributed by atoms with Gasteiger partial charge in [-0.1, -0.05) is 47.5 Å². The fourth-order valence-electron chi connectivity index (χ4n) is 4.64. The smallest absolute Gasteiger partial charge is 0.339 e. The van der Waals surface area contributed by atoms with Crippen LogP contribution in [0.1, 0.15) is 40.0 Å². The Labute approximate surface area is 240 Å². The maximum atomic E-state index is 13.4. The molecule has 0 atom stereocenters. The number of allylic oxidation sites excluding steroid dienone is 1. The molecule has 204 valence electrons. The molecule has 1 aromatic heterocycles. The predicted molar refractivity (Wildman–Crippen MR) is 156 cm³/mol. The molecule has 8 nitrogen and oxygen atoms in total. The normalized spacial score (nSPS) is 14.1. The highest BCUT2D eigenvalue weighted by Crippen LogP contribution is 2.37. The highest BCUT2D eigenvalue weighted by atomic mass is 35.5. The van der Waals surface area contributed by atoms with Gasteiger partial charge in [0.1, 0.15) is 0 Å². The Balaban J connectivity index is 1.41. The first-order chi connectivity index (χ1) is 19.1. The Kier molecular flexibility index (Phi) is 7.91. The summed E-state index contributed by atoms with van der Waals surface area (Å²) in [5.41, 5.74) is 4.64. The minimum absolute atomic E-state index is 0.0844. The van der Waals surface area contributed by atoms with Crippen LogP contribution in [0.2, 0.25) is 10.0 Å². The van der Waals surface area contributed by atoms with Gasteiger partial charge < -0.3 is 10.1 Å². The number of anilines is 1. The van der Waals surface area contributed by atoms with Crippen LogP contribution in [0.25, 0.3) is 22.6 Å². The number of primary sulfonamides is 1. The van der Waals surface area contributed by atoms with Gasteiger partial charge in [-0.15, -0.1) is 0 Å². The van der Waals surface area contributed by atoms with Crippen LogP contribution in [0.15, 0.2) is 71.6 Å². The van der Waals surface area contributed by atoms with Gasteiger partial charge in [-0.25, -0.2) is 23.3 Å². The van der Waals surface area contributed by atoms with Gasteiger partial charge in [-0.2, -0.15) is 0 Å². The highest BCUT2D eigenvalue weighted by Gasteiger charge is 2.26. The van der Waals surface area contributed by atoms with Gasteiger partial charge in [0.15, 0.2) is 6.61 Å². The molecular weight excluding hydrogens is 573 g/mol. The fraction of sp³-hybridized carbons (Fsp3) is 0.138. The molecule has 0 spiro atoms. The maximum Gasteiger partial charge on any atom is 0.339 e. The second kappa shape index (κ2) is 11.4. The number of benzene rings is 3. The third-order valence-electron chi connectivity index (χ3n) is 6.46. The Bertz CT molecular complexity index is 1790. The summed E-state index contributed by atoms with van der Waals surface area (Å²) in [5, 5.41) is 9.23. The molecule has 1 amide bonds. The number of pyridine rings is 1. The monoisotopic (exact) mass is 595 g/mol. The van der Waals surface area contributed by atoms with Crippen LogP contribution >= 0.6 is 23.2 Å². The van der Waals surface area contributed by atoms with Crippen LogP contribution in [0.4, 0.5) is 5.69 Å². The van der Waals surface area contributed by atoms with Crippen LogP contribution in [0.3, 0.4) is 0 Å². The fourth-order valence-corrected chi connectivity index (χ4v) is 5.46. The molecule has 1 aliphatic rings. The van der Waals surface area contributed by atoms with E-state index in [0.717, 1.165) is 29.5 Å². The van der Waals surface area contributed by atoms with Crippen molar-refractivity contribution in [2.75, 3.05) is 11.9 Å².